The smallest absolute Gasteiger partial charge is 0.242 e. The number of rotatable bonds is 8. The van der Waals surface area contributed by atoms with Crippen LogP contribution < -0.4 is 5.73 Å². The summed E-state index contributed by atoms with van der Waals surface area (Å²) in [5.74, 6) is -0.183. The topological polar surface area (TPSA) is 99.2 Å². The number of carbonyl (C=O) groups excluding carboxylic acids is 1. The summed E-state index contributed by atoms with van der Waals surface area (Å²) < 4.78 is 6.54. The van der Waals surface area contributed by atoms with Crippen LogP contribution in [0.4, 0.5) is 0 Å². The lowest BCUT2D eigenvalue weighted by atomic mass is 10.0. The van der Waals surface area contributed by atoms with Crippen molar-refractivity contribution in [3.8, 4) is 5.69 Å². The standard InChI is InChI=1S/C16H22N6O2.ClH/c1-4-8-21(16(23)15(17)10-24-3)12(2)13-6-5-7-14(9-13)22-11-18-19-20-22;/h4-7,9,11-12,15H,1,8,10,17H2,2-3H3;1H. The van der Waals surface area contributed by atoms with Gasteiger partial charge in [-0.15, -0.1) is 24.1 Å². The Morgan fingerprint density at radius 2 is 2.28 bits per heavy atom. The summed E-state index contributed by atoms with van der Waals surface area (Å²) in [6, 6.07) is 6.78. The Morgan fingerprint density at radius 1 is 1.52 bits per heavy atom. The maximum absolute atomic E-state index is 12.6. The Bertz CT molecular complexity index is 679. The highest BCUT2D eigenvalue weighted by Crippen LogP contribution is 2.23. The molecule has 25 heavy (non-hydrogen) atoms. The van der Waals surface area contributed by atoms with E-state index in [2.05, 4.69) is 22.1 Å². The minimum atomic E-state index is -0.708. The molecule has 9 heteroatoms. The number of hydrogen-bond acceptors (Lipinski definition) is 6. The van der Waals surface area contributed by atoms with Crippen LogP contribution in [-0.2, 0) is 9.53 Å². The van der Waals surface area contributed by atoms with Gasteiger partial charge in [-0.2, -0.15) is 0 Å². The van der Waals surface area contributed by atoms with Gasteiger partial charge < -0.3 is 15.4 Å². The maximum Gasteiger partial charge on any atom is 0.242 e. The Labute approximate surface area is 153 Å². The van der Waals surface area contributed by atoms with Crippen molar-refractivity contribution >= 4 is 18.3 Å². The molecule has 2 unspecified atom stereocenters. The highest BCUT2D eigenvalue weighted by molar-refractivity contribution is 5.85. The molecule has 0 radical (unpaired) electrons. The molecule has 0 aliphatic heterocycles. The Morgan fingerprint density at radius 3 is 2.88 bits per heavy atom. The van der Waals surface area contributed by atoms with Crippen molar-refractivity contribution in [2.45, 2.75) is 19.0 Å². The van der Waals surface area contributed by atoms with E-state index in [0.29, 0.717) is 6.54 Å². The third kappa shape index (κ3) is 5.09. The third-order valence-electron chi connectivity index (χ3n) is 3.71. The Hall–Kier alpha value is -2.29. The van der Waals surface area contributed by atoms with Gasteiger partial charge in [-0.25, -0.2) is 4.68 Å². The summed E-state index contributed by atoms with van der Waals surface area (Å²) in [6.07, 6.45) is 3.20. The van der Waals surface area contributed by atoms with E-state index in [1.807, 2.05) is 31.2 Å². The normalized spacial score (nSPS) is 12.8. The summed E-state index contributed by atoms with van der Waals surface area (Å²) in [4.78, 5) is 14.3. The number of carbonyl (C=O) groups is 1. The predicted molar refractivity (Wildman–Crippen MR) is 96.6 cm³/mol. The molecule has 1 amide bonds. The zero-order valence-electron chi connectivity index (χ0n) is 14.3. The van der Waals surface area contributed by atoms with Gasteiger partial charge in [-0.3, -0.25) is 4.79 Å². The first-order valence-corrected chi connectivity index (χ1v) is 7.57. The van der Waals surface area contributed by atoms with Crippen LogP contribution in [-0.4, -0.2) is 57.3 Å². The molecule has 0 aliphatic rings. The van der Waals surface area contributed by atoms with E-state index in [0.717, 1.165) is 11.3 Å². The number of methoxy groups -OCH3 is 1. The number of nitrogens with two attached hydrogens (primary N) is 1. The van der Waals surface area contributed by atoms with E-state index < -0.39 is 6.04 Å². The number of ether oxygens (including phenoxy) is 1. The SMILES string of the molecule is C=CCN(C(=O)C(N)COC)C(C)c1cccc(-n2cnnn2)c1.Cl. The second-order valence-electron chi connectivity index (χ2n) is 5.37. The number of nitrogens with zero attached hydrogens (tertiary/aromatic N) is 5. The molecule has 0 bridgehead atoms. The molecule has 0 spiro atoms. The van der Waals surface area contributed by atoms with E-state index >= 15 is 0 Å². The largest absolute Gasteiger partial charge is 0.383 e. The summed E-state index contributed by atoms with van der Waals surface area (Å²) >= 11 is 0. The quantitative estimate of drug-likeness (QED) is 0.703. The average molecular weight is 367 g/mol. The second kappa shape index (κ2) is 9.87. The molecular weight excluding hydrogens is 344 g/mol. The van der Waals surface area contributed by atoms with Crippen LogP contribution in [0.5, 0.6) is 0 Å². The third-order valence-corrected chi connectivity index (χ3v) is 3.71. The van der Waals surface area contributed by atoms with Crippen molar-refractivity contribution in [2.24, 2.45) is 5.73 Å². The van der Waals surface area contributed by atoms with Crippen molar-refractivity contribution in [3.63, 3.8) is 0 Å². The van der Waals surface area contributed by atoms with Gasteiger partial charge in [0.05, 0.1) is 18.3 Å². The Balaban J connectivity index is 0.00000312. The summed E-state index contributed by atoms with van der Waals surface area (Å²) in [7, 11) is 1.52. The van der Waals surface area contributed by atoms with Gasteiger partial charge in [-0.05, 0) is 35.0 Å². The van der Waals surface area contributed by atoms with E-state index in [1.165, 1.54) is 13.4 Å². The minimum Gasteiger partial charge on any atom is -0.383 e. The molecule has 1 aromatic carbocycles. The lowest BCUT2D eigenvalue weighted by Crippen LogP contribution is -2.47. The fraction of sp³-hybridized carbons (Fsp3) is 0.375. The first kappa shape index (κ1) is 20.8. The number of halogens is 1. The predicted octanol–water partition coefficient (Wildman–Crippen LogP) is 1.13. The molecule has 0 fully saturated rings. The van der Waals surface area contributed by atoms with E-state index in [9.17, 15) is 4.79 Å². The van der Waals surface area contributed by atoms with Crippen molar-refractivity contribution in [3.05, 3.63) is 48.8 Å². The van der Waals surface area contributed by atoms with Gasteiger partial charge >= 0.3 is 0 Å². The highest BCUT2D eigenvalue weighted by atomic mass is 35.5. The van der Waals surface area contributed by atoms with Gasteiger partial charge in [-0.1, -0.05) is 18.2 Å². The molecule has 1 heterocycles. The van der Waals surface area contributed by atoms with Crippen molar-refractivity contribution in [1.82, 2.24) is 25.1 Å². The maximum atomic E-state index is 12.6. The monoisotopic (exact) mass is 366 g/mol. The van der Waals surface area contributed by atoms with Gasteiger partial charge in [0.15, 0.2) is 0 Å². The van der Waals surface area contributed by atoms with E-state index in [1.54, 1.807) is 15.7 Å². The van der Waals surface area contributed by atoms with E-state index in [4.69, 9.17) is 10.5 Å². The van der Waals surface area contributed by atoms with Crippen molar-refractivity contribution < 1.29 is 9.53 Å². The van der Waals surface area contributed by atoms with Crippen LogP contribution in [0.3, 0.4) is 0 Å². The summed E-state index contributed by atoms with van der Waals surface area (Å²) in [5, 5.41) is 11.1. The fourth-order valence-corrected chi connectivity index (χ4v) is 2.43. The van der Waals surface area contributed by atoms with Crippen LogP contribution in [0.15, 0.2) is 43.2 Å². The molecule has 136 valence electrons. The zero-order chi connectivity index (χ0) is 17.5. The first-order valence-electron chi connectivity index (χ1n) is 7.57. The van der Waals surface area contributed by atoms with Gasteiger partial charge in [0.2, 0.25) is 5.91 Å². The lowest BCUT2D eigenvalue weighted by Gasteiger charge is -2.31. The second-order valence-corrected chi connectivity index (χ2v) is 5.37. The molecule has 2 aromatic rings. The number of aromatic nitrogens is 4. The molecule has 2 rings (SSSR count). The van der Waals surface area contributed by atoms with Crippen LogP contribution >= 0.6 is 12.4 Å². The highest BCUT2D eigenvalue weighted by Gasteiger charge is 2.25. The molecule has 8 nitrogen and oxygen atoms in total. The van der Waals surface area contributed by atoms with Crippen LogP contribution in [0.25, 0.3) is 5.69 Å². The van der Waals surface area contributed by atoms with Gasteiger partial charge in [0.25, 0.3) is 0 Å². The molecule has 1 aromatic heterocycles. The number of amides is 1. The summed E-state index contributed by atoms with van der Waals surface area (Å²) in [6.45, 7) is 6.24. The number of hydrogen-bond donors (Lipinski definition) is 1. The van der Waals surface area contributed by atoms with Crippen LogP contribution in [0, 0.1) is 0 Å². The van der Waals surface area contributed by atoms with E-state index in [-0.39, 0.29) is 31.0 Å². The number of tetrazole rings is 1. The molecular formula is C16H23ClN6O2. The average Bonchev–Trinajstić information content (AvgIpc) is 3.13. The molecule has 0 saturated carbocycles. The molecule has 0 aliphatic carbocycles. The minimum absolute atomic E-state index is 0. The van der Waals surface area contributed by atoms with Gasteiger partial charge in [0, 0.05) is 13.7 Å². The molecule has 0 saturated heterocycles. The first-order chi connectivity index (χ1) is 11.6. The van der Waals surface area contributed by atoms with Crippen molar-refractivity contribution in [2.75, 3.05) is 20.3 Å². The van der Waals surface area contributed by atoms with Crippen molar-refractivity contribution in [1.29, 1.82) is 0 Å². The Kier molecular flexibility index (Phi) is 8.20. The molecule has 2 atom stereocenters. The molecule has 2 N–H and O–H groups in total. The zero-order valence-corrected chi connectivity index (χ0v) is 15.1. The summed E-state index contributed by atoms with van der Waals surface area (Å²) in [5.41, 5.74) is 7.66. The fourth-order valence-electron chi connectivity index (χ4n) is 2.43. The van der Waals surface area contributed by atoms with Crippen LogP contribution in [0.2, 0.25) is 0 Å². The lowest BCUT2D eigenvalue weighted by molar-refractivity contribution is -0.135. The van der Waals surface area contributed by atoms with Gasteiger partial charge in [0.1, 0.15) is 12.4 Å². The van der Waals surface area contributed by atoms with Crippen LogP contribution in [0.1, 0.15) is 18.5 Å². The number of benzene rings is 1.